The molecule has 2 heterocycles. The summed E-state index contributed by atoms with van der Waals surface area (Å²) in [7, 11) is 0. The zero-order valence-electron chi connectivity index (χ0n) is 15.1. The monoisotopic (exact) mass is 392 g/mol. The molecule has 2 aromatic heterocycles. The van der Waals surface area contributed by atoms with E-state index in [0.717, 1.165) is 21.8 Å². The van der Waals surface area contributed by atoms with Crippen LogP contribution in [0.4, 0.5) is 10.1 Å². The minimum atomic E-state index is -0.448. The standard InChI is InChI=1S/C21H17FN4OS/c1-14-7-8-17(16(22)9-14)24-20(27)11-26-10-18(23-13-26)21-25-19(12-28-21)15-5-3-2-4-6-15/h2-10,12-13H,11H2,1H3,(H,24,27). The van der Waals surface area contributed by atoms with E-state index < -0.39 is 5.82 Å². The van der Waals surface area contributed by atoms with Crippen molar-refractivity contribution in [1.29, 1.82) is 0 Å². The molecule has 0 bridgehead atoms. The van der Waals surface area contributed by atoms with E-state index >= 15 is 0 Å². The number of hydrogen-bond donors (Lipinski definition) is 1. The number of aromatic nitrogens is 3. The minimum Gasteiger partial charge on any atom is -0.327 e. The van der Waals surface area contributed by atoms with Gasteiger partial charge in [-0.1, -0.05) is 36.4 Å². The highest BCUT2D eigenvalue weighted by molar-refractivity contribution is 7.13. The third-order valence-electron chi connectivity index (χ3n) is 4.15. The molecule has 0 radical (unpaired) electrons. The number of rotatable bonds is 5. The van der Waals surface area contributed by atoms with Crippen LogP contribution in [0.15, 0.2) is 66.4 Å². The molecule has 0 aliphatic carbocycles. The van der Waals surface area contributed by atoms with Crippen LogP contribution in [0, 0.1) is 12.7 Å². The summed E-state index contributed by atoms with van der Waals surface area (Å²) < 4.78 is 15.5. The number of nitrogens with one attached hydrogen (secondary N) is 1. The number of halogens is 1. The van der Waals surface area contributed by atoms with E-state index in [1.807, 2.05) is 35.7 Å². The maximum absolute atomic E-state index is 13.9. The van der Waals surface area contributed by atoms with Crippen LogP contribution < -0.4 is 5.32 Å². The third-order valence-corrected chi connectivity index (χ3v) is 5.02. The van der Waals surface area contributed by atoms with Crippen LogP contribution in [0.25, 0.3) is 22.0 Å². The maximum atomic E-state index is 13.9. The van der Waals surface area contributed by atoms with E-state index in [9.17, 15) is 9.18 Å². The summed E-state index contributed by atoms with van der Waals surface area (Å²) in [5.74, 6) is -0.772. The first-order chi connectivity index (χ1) is 13.6. The van der Waals surface area contributed by atoms with Gasteiger partial charge in [-0.15, -0.1) is 11.3 Å². The number of hydrogen-bond acceptors (Lipinski definition) is 4. The van der Waals surface area contributed by atoms with Crippen molar-refractivity contribution < 1.29 is 9.18 Å². The zero-order chi connectivity index (χ0) is 19.5. The van der Waals surface area contributed by atoms with Crippen molar-refractivity contribution in [3.05, 3.63) is 77.8 Å². The lowest BCUT2D eigenvalue weighted by atomic mass is 10.2. The highest BCUT2D eigenvalue weighted by Crippen LogP contribution is 2.27. The molecule has 5 nitrogen and oxygen atoms in total. The van der Waals surface area contributed by atoms with Gasteiger partial charge in [-0.05, 0) is 24.6 Å². The Hall–Kier alpha value is -3.32. The van der Waals surface area contributed by atoms with Gasteiger partial charge in [0.05, 0.1) is 17.7 Å². The average Bonchev–Trinajstić information content (AvgIpc) is 3.34. The Morgan fingerprint density at radius 1 is 1.18 bits per heavy atom. The molecular weight excluding hydrogens is 375 g/mol. The van der Waals surface area contributed by atoms with Gasteiger partial charge in [-0.3, -0.25) is 4.79 Å². The summed E-state index contributed by atoms with van der Waals surface area (Å²) in [5.41, 5.74) is 3.60. The highest BCUT2D eigenvalue weighted by atomic mass is 32.1. The van der Waals surface area contributed by atoms with Crippen LogP contribution in [0.3, 0.4) is 0 Å². The summed E-state index contributed by atoms with van der Waals surface area (Å²) in [6.07, 6.45) is 3.34. The van der Waals surface area contributed by atoms with Crippen molar-refractivity contribution in [2.75, 3.05) is 5.32 Å². The topological polar surface area (TPSA) is 59.8 Å². The SMILES string of the molecule is Cc1ccc(NC(=O)Cn2cnc(-c3nc(-c4ccccc4)cs3)c2)c(F)c1. The van der Waals surface area contributed by atoms with Crippen molar-refractivity contribution in [2.24, 2.45) is 0 Å². The van der Waals surface area contributed by atoms with Crippen LogP contribution in [-0.4, -0.2) is 20.4 Å². The number of benzene rings is 2. The molecule has 4 aromatic rings. The molecule has 0 saturated carbocycles. The molecule has 0 saturated heterocycles. The Labute approximate surface area is 165 Å². The molecule has 7 heteroatoms. The lowest BCUT2D eigenvalue weighted by Crippen LogP contribution is -2.18. The summed E-state index contributed by atoms with van der Waals surface area (Å²) >= 11 is 1.50. The van der Waals surface area contributed by atoms with E-state index in [-0.39, 0.29) is 18.1 Å². The Bertz CT molecular complexity index is 1120. The molecule has 0 unspecified atom stereocenters. The Morgan fingerprint density at radius 3 is 2.79 bits per heavy atom. The molecule has 4 rings (SSSR count). The van der Waals surface area contributed by atoms with Crippen LogP contribution in [0.1, 0.15) is 5.56 Å². The van der Waals surface area contributed by atoms with Crippen LogP contribution in [-0.2, 0) is 11.3 Å². The number of anilines is 1. The van der Waals surface area contributed by atoms with Gasteiger partial charge in [0.25, 0.3) is 0 Å². The summed E-state index contributed by atoms with van der Waals surface area (Å²) in [4.78, 5) is 21.2. The van der Waals surface area contributed by atoms with Gasteiger partial charge in [-0.25, -0.2) is 14.4 Å². The van der Waals surface area contributed by atoms with Crippen molar-refractivity contribution >= 4 is 22.9 Å². The molecule has 1 amide bonds. The van der Waals surface area contributed by atoms with Crippen LogP contribution in [0.2, 0.25) is 0 Å². The fourth-order valence-electron chi connectivity index (χ4n) is 2.77. The first-order valence-electron chi connectivity index (χ1n) is 8.67. The first-order valence-corrected chi connectivity index (χ1v) is 9.55. The van der Waals surface area contributed by atoms with Gasteiger partial charge < -0.3 is 9.88 Å². The molecule has 140 valence electrons. The smallest absolute Gasteiger partial charge is 0.244 e. The molecule has 2 aromatic carbocycles. The predicted molar refractivity (Wildman–Crippen MR) is 109 cm³/mol. The predicted octanol–water partition coefficient (Wildman–Crippen LogP) is 4.76. The number of carbonyl (C=O) groups excluding carboxylic acids is 1. The molecule has 1 N–H and O–H groups in total. The second-order valence-corrected chi connectivity index (χ2v) is 7.22. The first kappa shape index (κ1) is 18.1. The second-order valence-electron chi connectivity index (χ2n) is 6.37. The minimum absolute atomic E-state index is 0.0389. The van der Waals surface area contributed by atoms with Crippen molar-refractivity contribution in [2.45, 2.75) is 13.5 Å². The molecule has 28 heavy (non-hydrogen) atoms. The third kappa shape index (κ3) is 3.99. The van der Waals surface area contributed by atoms with Crippen molar-refractivity contribution in [3.63, 3.8) is 0 Å². The number of thiazole rings is 1. The molecule has 0 fully saturated rings. The van der Waals surface area contributed by atoms with Crippen LogP contribution in [0.5, 0.6) is 0 Å². The van der Waals surface area contributed by atoms with Gasteiger partial charge in [0, 0.05) is 17.1 Å². The van der Waals surface area contributed by atoms with E-state index in [1.54, 1.807) is 36.1 Å². The van der Waals surface area contributed by atoms with E-state index in [2.05, 4.69) is 15.3 Å². The Kier molecular flexibility index (Phi) is 4.99. The van der Waals surface area contributed by atoms with Crippen molar-refractivity contribution in [3.8, 4) is 22.0 Å². The molecular formula is C21H17FN4OS. The van der Waals surface area contributed by atoms with Gasteiger partial charge >= 0.3 is 0 Å². The number of imidazole rings is 1. The van der Waals surface area contributed by atoms with E-state index in [0.29, 0.717) is 5.69 Å². The quantitative estimate of drug-likeness (QED) is 0.533. The number of nitrogens with zero attached hydrogens (tertiary/aromatic N) is 3. The molecule has 0 atom stereocenters. The molecule has 0 spiro atoms. The highest BCUT2D eigenvalue weighted by Gasteiger charge is 2.12. The molecule has 0 aliphatic rings. The van der Waals surface area contributed by atoms with E-state index in [1.165, 1.54) is 17.4 Å². The lowest BCUT2D eigenvalue weighted by molar-refractivity contribution is -0.116. The van der Waals surface area contributed by atoms with Gasteiger partial charge in [0.15, 0.2) is 0 Å². The Balaban J connectivity index is 1.44. The molecule has 0 aliphatic heterocycles. The van der Waals surface area contributed by atoms with Crippen molar-refractivity contribution in [1.82, 2.24) is 14.5 Å². The largest absolute Gasteiger partial charge is 0.327 e. The van der Waals surface area contributed by atoms with Crippen LogP contribution >= 0.6 is 11.3 Å². The second kappa shape index (κ2) is 7.74. The zero-order valence-corrected chi connectivity index (χ0v) is 15.9. The Morgan fingerprint density at radius 2 is 2.00 bits per heavy atom. The number of amides is 1. The fraction of sp³-hybridized carbons (Fsp3) is 0.0952. The summed E-state index contributed by atoms with van der Waals surface area (Å²) in [5, 5.41) is 5.35. The fourth-order valence-corrected chi connectivity index (χ4v) is 3.56. The van der Waals surface area contributed by atoms with E-state index in [4.69, 9.17) is 0 Å². The lowest BCUT2D eigenvalue weighted by Gasteiger charge is -2.07. The van der Waals surface area contributed by atoms with Gasteiger partial charge in [0.2, 0.25) is 5.91 Å². The number of carbonyl (C=O) groups is 1. The normalized spacial score (nSPS) is 10.8. The van der Waals surface area contributed by atoms with Gasteiger partial charge in [0.1, 0.15) is 23.1 Å². The van der Waals surface area contributed by atoms with Gasteiger partial charge in [-0.2, -0.15) is 0 Å². The summed E-state index contributed by atoms with van der Waals surface area (Å²) in [6, 6.07) is 14.6. The average molecular weight is 392 g/mol. The number of aryl methyl sites for hydroxylation is 1. The maximum Gasteiger partial charge on any atom is 0.244 e. The summed E-state index contributed by atoms with van der Waals surface area (Å²) in [6.45, 7) is 1.83.